The molecule has 0 bridgehead atoms. The molecule has 0 fully saturated rings. The number of aryl methyl sites for hydroxylation is 1. The van der Waals surface area contributed by atoms with Crippen LogP contribution in [-0.4, -0.2) is 5.75 Å². The lowest BCUT2D eigenvalue weighted by Crippen LogP contribution is -2.11. The van der Waals surface area contributed by atoms with E-state index in [4.69, 9.17) is 17.3 Å². The number of fused-ring (bicyclic) bond motifs is 1. The second-order valence-electron chi connectivity index (χ2n) is 5.26. The lowest BCUT2D eigenvalue weighted by molar-refractivity contribution is 0.596. The Morgan fingerprint density at radius 3 is 2.85 bits per heavy atom. The first-order valence-corrected chi connectivity index (χ1v) is 8.36. The maximum Gasteiger partial charge on any atom is 0.0562 e. The van der Waals surface area contributed by atoms with Gasteiger partial charge < -0.3 is 5.73 Å². The Morgan fingerprint density at radius 1 is 1.15 bits per heavy atom. The smallest absolute Gasteiger partial charge is 0.0562 e. The Morgan fingerprint density at radius 2 is 2.00 bits per heavy atom. The minimum Gasteiger partial charge on any atom is -0.398 e. The highest BCUT2D eigenvalue weighted by Gasteiger charge is 2.20. The van der Waals surface area contributed by atoms with E-state index in [9.17, 15) is 0 Å². The highest BCUT2D eigenvalue weighted by Crippen LogP contribution is 2.39. The predicted molar refractivity (Wildman–Crippen MR) is 88.7 cm³/mol. The lowest BCUT2D eigenvalue weighted by atomic mass is 9.84. The van der Waals surface area contributed by atoms with E-state index >= 15 is 0 Å². The first kappa shape index (κ1) is 13.8. The minimum atomic E-state index is 0.612. The fourth-order valence-electron chi connectivity index (χ4n) is 2.89. The van der Waals surface area contributed by atoms with Crippen LogP contribution in [0.1, 0.15) is 29.9 Å². The van der Waals surface area contributed by atoms with Gasteiger partial charge in [-0.3, -0.25) is 0 Å². The van der Waals surface area contributed by atoms with Gasteiger partial charge in [0.25, 0.3) is 0 Å². The van der Waals surface area contributed by atoms with Crippen molar-refractivity contribution in [1.29, 1.82) is 0 Å². The lowest BCUT2D eigenvalue weighted by Gasteiger charge is -2.25. The van der Waals surface area contributed by atoms with Crippen LogP contribution in [-0.2, 0) is 6.42 Å². The Labute approximate surface area is 129 Å². The molecule has 0 saturated heterocycles. The number of halogens is 1. The van der Waals surface area contributed by atoms with Gasteiger partial charge in [-0.15, -0.1) is 11.8 Å². The molecule has 0 radical (unpaired) electrons. The Kier molecular flexibility index (Phi) is 4.23. The fraction of sp³-hybridized carbons (Fsp3) is 0.294. The van der Waals surface area contributed by atoms with Crippen LogP contribution in [0, 0.1) is 0 Å². The van der Waals surface area contributed by atoms with Gasteiger partial charge >= 0.3 is 0 Å². The molecule has 104 valence electrons. The van der Waals surface area contributed by atoms with Crippen molar-refractivity contribution in [2.24, 2.45) is 0 Å². The molecule has 0 aromatic heterocycles. The van der Waals surface area contributed by atoms with E-state index < -0.39 is 0 Å². The van der Waals surface area contributed by atoms with E-state index in [0.29, 0.717) is 5.92 Å². The first-order chi connectivity index (χ1) is 9.75. The SMILES string of the molecule is Nc1cccc(Cl)c1SCC1CCCc2ccccc21. The molecule has 2 aromatic rings. The summed E-state index contributed by atoms with van der Waals surface area (Å²) in [5.41, 5.74) is 9.83. The van der Waals surface area contributed by atoms with E-state index in [1.165, 1.54) is 30.4 Å². The molecular formula is C17H18ClNS. The van der Waals surface area contributed by atoms with E-state index in [2.05, 4.69) is 24.3 Å². The zero-order chi connectivity index (χ0) is 13.9. The molecule has 20 heavy (non-hydrogen) atoms. The monoisotopic (exact) mass is 303 g/mol. The van der Waals surface area contributed by atoms with Gasteiger partial charge in [0.1, 0.15) is 0 Å². The number of anilines is 1. The van der Waals surface area contributed by atoms with Crippen LogP contribution >= 0.6 is 23.4 Å². The molecule has 2 N–H and O–H groups in total. The van der Waals surface area contributed by atoms with Crippen molar-refractivity contribution >= 4 is 29.1 Å². The fourth-order valence-corrected chi connectivity index (χ4v) is 4.39. The van der Waals surface area contributed by atoms with E-state index in [1.54, 1.807) is 11.8 Å². The molecule has 3 heteroatoms. The van der Waals surface area contributed by atoms with E-state index in [1.807, 2.05) is 18.2 Å². The van der Waals surface area contributed by atoms with Crippen LogP contribution in [0.2, 0.25) is 5.02 Å². The average molecular weight is 304 g/mol. The summed E-state index contributed by atoms with van der Waals surface area (Å²) in [4.78, 5) is 1.03. The molecule has 0 saturated carbocycles. The van der Waals surface area contributed by atoms with E-state index in [-0.39, 0.29) is 0 Å². The molecule has 1 aliphatic rings. The maximum absolute atomic E-state index is 6.25. The normalized spacial score (nSPS) is 17.8. The number of nitrogens with two attached hydrogens (primary N) is 1. The van der Waals surface area contributed by atoms with Crippen molar-refractivity contribution in [3.05, 3.63) is 58.6 Å². The van der Waals surface area contributed by atoms with Gasteiger partial charge in [-0.2, -0.15) is 0 Å². The number of nitrogen functional groups attached to an aromatic ring is 1. The van der Waals surface area contributed by atoms with Crippen molar-refractivity contribution in [2.45, 2.75) is 30.1 Å². The largest absolute Gasteiger partial charge is 0.398 e. The number of rotatable bonds is 3. The average Bonchev–Trinajstić information content (AvgIpc) is 2.47. The van der Waals surface area contributed by atoms with Gasteiger partial charge in [0.05, 0.1) is 5.02 Å². The third-order valence-electron chi connectivity index (χ3n) is 3.92. The van der Waals surface area contributed by atoms with Crippen molar-refractivity contribution in [3.8, 4) is 0 Å². The summed E-state index contributed by atoms with van der Waals surface area (Å²) in [6, 6.07) is 14.5. The summed E-state index contributed by atoms with van der Waals surface area (Å²) < 4.78 is 0. The highest BCUT2D eigenvalue weighted by atomic mass is 35.5. The number of thioether (sulfide) groups is 1. The van der Waals surface area contributed by atoms with Crippen molar-refractivity contribution in [3.63, 3.8) is 0 Å². The van der Waals surface area contributed by atoms with Crippen LogP contribution in [0.4, 0.5) is 5.69 Å². The second kappa shape index (κ2) is 6.11. The summed E-state index contributed by atoms with van der Waals surface area (Å²) in [7, 11) is 0. The predicted octanol–water partition coefficient (Wildman–Crippen LogP) is 5.13. The van der Waals surface area contributed by atoms with Crippen molar-refractivity contribution < 1.29 is 0 Å². The van der Waals surface area contributed by atoms with Gasteiger partial charge in [0.2, 0.25) is 0 Å². The van der Waals surface area contributed by atoms with Gasteiger partial charge in [-0.1, -0.05) is 41.9 Å². The highest BCUT2D eigenvalue weighted by molar-refractivity contribution is 7.99. The molecule has 2 aromatic carbocycles. The Bertz CT molecular complexity index is 591. The second-order valence-corrected chi connectivity index (χ2v) is 6.69. The first-order valence-electron chi connectivity index (χ1n) is 7.00. The minimum absolute atomic E-state index is 0.612. The molecular weight excluding hydrogens is 286 g/mol. The summed E-state index contributed by atoms with van der Waals surface area (Å²) in [5, 5.41) is 0.763. The zero-order valence-corrected chi connectivity index (χ0v) is 12.9. The molecule has 1 nitrogen and oxygen atoms in total. The molecule has 0 aliphatic heterocycles. The zero-order valence-electron chi connectivity index (χ0n) is 11.3. The quantitative estimate of drug-likeness (QED) is 0.628. The standard InChI is InChI=1S/C17H18ClNS/c18-15-9-4-10-16(19)17(15)20-11-13-7-3-6-12-5-1-2-8-14(12)13/h1-2,4-5,8-10,13H,3,6-7,11,19H2. The summed E-state index contributed by atoms with van der Waals surface area (Å²) >= 11 is 8.03. The van der Waals surface area contributed by atoms with Gasteiger partial charge in [0.15, 0.2) is 0 Å². The Hall–Kier alpha value is -1.12. The van der Waals surface area contributed by atoms with Crippen LogP contribution < -0.4 is 5.73 Å². The van der Waals surface area contributed by atoms with Crippen LogP contribution in [0.25, 0.3) is 0 Å². The number of benzene rings is 2. The third kappa shape index (κ3) is 2.82. The Balaban J connectivity index is 1.77. The summed E-state index contributed by atoms with van der Waals surface area (Å²) in [6.45, 7) is 0. The number of hydrogen-bond donors (Lipinski definition) is 1. The molecule has 1 unspecified atom stereocenters. The van der Waals surface area contributed by atoms with Crippen molar-refractivity contribution in [1.82, 2.24) is 0 Å². The van der Waals surface area contributed by atoms with Crippen LogP contribution in [0.5, 0.6) is 0 Å². The molecule has 0 spiro atoms. The summed E-state index contributed by atoms with van der Waals surface area (Å²) in [5.74, 6) is 1.66. The van der Waals surface area contributed by atoms with E-state index in [0.717, 1.165) is 21.4 Å². The van der Waals surface area contributed by atoms with Gasteiger partial charge in [-0.05, 0) is 48.4 Å². The van der Waals surface area contributed by atoms with Gasteiger partial charge in [-0.25, -0.2) is 0 Å². The van der Waals surface area contributed by atoms with Gasteiger partial charge in [0, 0.05) is 16.3 Å². The van der Waals surface area contributed by atoms with Crippen molar-refractivity contribution in [2.75, 3.05) is 11.5 Å². The molecule has 3 rings (SSSR count). The topological polar surface area (TPSA) is 26.0 Å². The molecule has 1 atom stereocenters. The third-order valence-corrected chi connectivity index (χ3v) is 5.66. The maximum atomic E-state index is 6.25. The molecule has 0 amide bonds. The van der Waals surface area contributed by atoms with Crippen LogP contribution in [0.3, 0.4) is 0 Å². The van der Waals surface area contributed by atoms with Crippen LogP contribution in [0.15, 0.2) is 47.4 Å². The molecule has 1 aliphatic carbocycles. The summed E-state index contributed by atoms with van der Waals surface area (Å²) in [6.07, 6.45) is 3.75. The number of hydrogen-bond acceptors (Lipinski definition) is 2. The molecule has 0 heterocycles.